The van der Waals surface area contributed by atoms with Crippen LogP contribution >= 0.6 is 23.4 Å². The number of amides is 1. The fourth-order valence-electron chi connectivity index (χ4n) is 4.01. The Bertz CT molecular complexity index is 1000. The molecule has 9 nitrogen and oxygen atoms in total. The normalized spacial score (nSPS) is 19.1. The minimum absolute atomic E-state index is 0.203. The van der Waals surface area contributed by atoms with E-state index < -0.39 is 18.0 Å². The Morgan fingerprint density at radius 2 is 1.67 bits per heavy atom. The molecule has 2 aliphatic rings. The highest BCUT2D eigenvalue weighted by molar-refractivity contribution is 8.14. The van der Waals surface area contributed by atoms with Crippen molar-refractivity contribution < 1.29 is 29.3 Å². The molecule has 0 radical (unpaired) electrons. The van der Waals surface area contributed by atoms with E-state index in [-0.39, 0.29) is 17.9 Å². The van der Waals surface area contributed by atoms with Crippen LogP contribution in [0.3, 0.4) is 0 Å². The van der Waals surface area contributed by atoms with Crippen molar-refractivity contribution in [3.8, 4) is 0 Å². The molecule has 2 saturated heterocycles. The van der Waals surface area contributed by atoms with Crippen molar-refractivity contribution in [2.45, 2.75) is 12.1 Å². The summed E-state index contributed by atoms with van der Waals surface area (Å²) >= 11 is 7.08. The fourth-order valence-corrected chi connectivity index (χ4v) is 4.91. The first-order chi connectivity index (χ1) is 17.3. The molecule has 194 valence electrons. The molecule has 1 amide bonds. The molecule has 0 saturated carbocycles. The predicted octanol–water partition coefficient (Wildman–Crippen LogP) is 3.04. The van der Waals surface area contributed by atoms with Gasteiger partial charge in [-0.25, -0.2) is 9.59 Å². The number of carbonyl (C=O) groups is 3. The molecule has 2 fully saturated rings. The minimum Gasteiger partial charge on any atom is -0.480 e. The smallest absolute Gasteiger partial charge is 0.329 e. The monoisotopic (exact) mass is 535 g/mol. The highest BCUT2D eigenvalue weighted by Crippen LogP contribution is 2.30. The van der Waals surface area contributed by atoms with Crippen molar-refractivity contribution in [2.24, 2.45) is 0 Å². The highest BCUT2D eigenvalue weighted by atomic mass is 35.5. The quantitative estimate of drug-likeness (QED) is 0.416. The summed E-state index contributed by atoms with van der Waals surface area (Å²) in [6, 6.07) is 18.2. The van der Waals surface area contributed by atoms with Crippen LogP contribution < -0.4 is 5.32 Å². The average Bonchev–Trinajstić information content (AvgIpc) is 3.32. The number of nitrogens with one attached hydrogen (secondary N) is 1. The summed E-state index contributed by atoms with van der Waals surface area (Å²) in [6.45, 7) is 4.75. The number of carboxylic acids is 2. The zero-order valence-corrected chi connectivity index (χ0v) is 21.3. The summed E-state index contributed by atoms with van der Waals surface area (Å²) < 4.78 is 5.15. The lowest BCUT2D eigenvalue weighted by molar-refractivity contribution is -0.142. The van der Waals surface area contributed by atoms with Crippen LogP contribution in [0.25, 0.3) is 0 Å². The van der Waals surface area contributed by atoms with E-state index in [1.807, 2.05) is 18.2 Å². The van der Waals surface area contributed by atoms with Crippen LogP contribution in [0.4, 0.5) is 4.79 Å². The summed E-state index contributed by atoms with van der Waals surface area (Å²) in [5.74, 6) is -1.55. The zero-order valence-electron chi connectivity index (χ0n) is 19.7. The standard InChI is InChI=1S/C21H25ClN2O3.C4H5NO3S/c22-19-8-6-18(7-9-19)21(17-4-2-1-3-5-17)24-12-10-23(11-13-24)14-15-27-16-20(25)26;6-3(7)2-1-9-4(8)5-2/h1-9,21H,10-16H2,(H,25,26);2H,1H2,(H,5,8)(H,6,7). The molecule has 36 heavy (non-hydrogen) atoms. The van der Waals surface area contributed by atoms with Gasteiger partial charge in [-0.05, 0) is 23.3 Å². The number of ether oxygens (including phenoxy) is 1. The lowest BCUT2D eigenvalue weighted by Crippen LogP contribution is -2.48. The molecule has 2 aliphatic heterocycles. The number of thioether (sulfide) groups is 1. The van der Waals surface area contributed by atoms with Crippen LogP contribution in [-0.2, 0) is 14.3 Å². The Morgan fingerprint density at radius 3 is 2.19 bits per heavy atom. The Balaban J connectivity index is 0.000000338. The van der Waals surface area contributed by atoms with Gasteiger partial charge < -0.3 is 20.3 Å². The number of hydrogen-bond donors (Lipinski definition) is 3. The second kappa shape index (κ2) is 14.2. The maximum absolute atomic E-state index is 10.5. The Morgan fingerprint density at radius 1 is 1.03 bits per heavy atom. The van der Waals surface area contributed by atoms with Gasteiger partial charge in [-0.3, -0.25) is 14.6 Å². The van der Waals surface area contributed by atoms with Gasteiger partial charge in [0.15, 0.2) is 0 Å². The van der Waals surface area contributed by atoms with Crippen LogP contribution in [0.2, 0.25) is 5.02 Å². The lowest BCUT2D eigenvalue weighted by atomic mass is 9.96. The van der Waals surface area contributed by atoms with E-state index in [0.717, 1.165) is 49.5 Å². The summed E-state index contributed by atoms with van der Waals surface area (Å²) in [4.78, 5) is 35.8. The van der Waals surface area contributed by atoms with Gasteiger partial charge in [0.25, 0.3) is 5.24 Å². The molecule has 11 heteroatoms. The maximum atomic E-state index is 10.5. The van der Waals surface area contributed by atoms with Gasteiger partial charge in [0.05, 0.1) is 12.6 Å². The molecule has 0 spiro atoms. The SMILES string of the molecule is O=C(O)COCCN1CCN(C(c2ccccc2)c2ccc(Cl)cc2)CC1.O=C1NC(C(=O)O)CS1. The van der Waals surface area contributed by atoms with Gasteiger partial charge in [-0.15, -0.1) is 0 Å². The number of rotatable bonds is 9. The molecule has 2 heterocycles. The molecule has 3 N–H and O–H groups in total. The van der Waals surface area contributed by atoms with Gasteiger partial charge in [0, 0.05) is 43.5 Å². The number of nitrogens with zero attached hydrogens (tertiary/aromatic N) is 2. The van der Waals surface area contributed by atoms with E-state index in [9.17, 15) is 14.4 Å². The van der Waals surface area contributed by atoms with Crippen molar-refractivity contribution >= 4 is 40.5 Å². The highest BCUT2D eigenvalue weighted by Gasteiger charge is 2.27. The van der Waals surface area contributed by atoms with Crippen LogP contribution in [0.5, 0.6) is 0 Å². The molecule has 2 aromatic carbocycles. The van der Waals surface area contributed by atoms with Crippen molar-refractivity contribution in [1.82, 2.24) is 15.1 Å². The Kier molecular flexibility index (Phi) is 11.0. The van der Waals surface area contributed by atoms with Crippen LogP contribution in [0.1, 0.15) is 17.2 Å². The van der Waals surface area contributed by atoms with E-state index in [4.69, 9.17) is 26.6 Å². The lowest BCUT2D eigenvalue weighted by Gasteiger charge is -2.39. The average molecular weight is 536 g/mol. The summed E-state index contributed by atoms with van der Waals surface area (Å²) in [5, 5.41) is 19.7. The van der Waals surface area contributed by atoms with E-state index in [2.05, 4.69) is 51.5 Å². The third-order valence-electron chi connectivity index (χ3n) is 5.82. The van der Waals surface area contributed by atoms with Crippen molar-refractivity contribution in [3.63, 3.8) is 0 Å². The minimum atomic E-state index is -0.964. The Hall–Kier alpha value is -2.63. The number of carboxylic acid groups (broad SMARTS) is 2. The molecular formula is C25H30ClN3O6S. The van der Waals surface area contributed by atoms with E-state index >= 15 is 0 Å². The third-order valence-corrected chi connectivity index (χ3v) is 6.95. The van der Waals surface area contributed by atoms with Gasteiger partial charge in [-0.2, -0.15) is 0 Å². The summed E-state index contributed by atoms with van der Waals surface area (Å²) in [6.07, 6.45) is 0. The maximum Gasteiger partial charge on any atom is 0.329 e. The summed E-state index contributed by atoms with van der Waals surface area (Å²) in [5.41, 5.74) is 2.52. The van der Waals surface area contributed by atoms with E-state index in [1.54, 1.807) is 0 Å². The number of halogens is 1. The van der Waals surface area contributed by atoms with Crippen molar-refractivity contribution in [2.75, 3.05) is 51.7 Å². The molecule has 0 aliphatic carbocycles. The largest absolute Gasteiger partial charge is 0.480 e. The molecule has 0 bridgehead atoms. The number of aliphatic carboxylic acids is 2. The Labute approximate surface area is 219 Å². The first-order valence-electron chi connectivity index (χ1n) is 11.6. The fraction of sp³-hybridized carbons (Fsp3) is 0.400. The van der Waals surface area contributed by atoms with Crippen molar-refractivity contribution in [1.29, 1.82) is 0 Å². The second-order valence-electron chi connectivity index (χ2n) is 8.32. The van der Waals surface area contributed by atoms with Crippen molar-refractivity contribution in [3.05, 3.63) is 70.7 Å². The first kappa shape index (κ1) is 27.9. The topological polar surface area (TPSA) is 119 Å². The van der Waals surface area contributed by atoms with Crippen LogP contribution in [0, 0.1) is 0 Å². The molecule has 2 atom stereocenters. The molecule has 2 aromatic rings. The molecular weight excluding hydrogens is 506 g/mol. The predicted molar refractivity (Wildman–Crippen MR) is 139 cm³/mol. The second-order valence-corrected chi connectivity index (χ2v) is 9.75. The number of benzene rings is 2. The number of carbonyl (C=O) groups excluding carboxylic acids is 1. The van der Waals surface area contributed by atoms with Crippen LogP contribution in [-0.4, -0.2) is 94.9 Å². The first-order valence-corrected chi connectivity index (χ1v) is 12.9. The number of piperazine rings is 1. The molecule has 4 rings (SSSR count). The van der Waals surface area contributed by atoms with Gasteiger partial charge in [0.1, 0.15) is 12.6 Å². The van der Waals surface area contributed by atoms with Crippen LogP contribution in [0.15, 0.2) is 54.6 Å². The van der Waals surface area contributed by atoms with E-state index in [1.165, 1.54) is 11.1 Å². The summed E-state index contributed by atoms with van der Waals surface area (Å²) in [7, 11) is 0. The third kappa shape index (κ3) is 8.79. The van der Waals surface area contributed by atoms with Gasteiger partial charge in [-0.1, -0.05) is 65.8 Å². The molecule has 0 aromatic heterocycles. The van der Waals surface area contributed by atoms with Gasteiger partial charge in [0.2, 0.25) is 0 Å². The number of hydrogen-bond acceptors (Lipinski definition) is 7. The van der Waals surface area contributed by atoms with Gasteiger partial charge >= 0.3 is 11.9 Å². The zero-order chi connectivity index (χ0) is 25.9. The van der Waals surface area contributed by atoms with E-state index in [0.29, 0.717) is 12.4 Å². The molecule has 2 unspecified atom stereocenters.